The molecule has 0 spiro atoms. The zero-order valence-electron chi connectivity index (χ0n) is 6.27. The Balaban J connectivity index is 3.30. The highest BCUT2D eigenvalue weighted by Crippen LogP contribution is 2.32. The van der Waals surface area contributed by atoms with Gasteiger partial charge in [-0.3, -0.25) is 0 Å². The van der Waals surface area contributed by atoms with Crippen LogP contribution in [-0.4, -0.2) is 10.1 Å². The second kappa shape index (κ2) is 4.43. The van der Waals surface area contributed by atoms with Crippen molar-refractivity contribution in [3.05, 3.63) is 26.4 Å². The average Bonchev–Trinajstić information content (AvgIpc) is 2.09. The Hall–Kier alpha value is -0.0700. The summed E-state index contributed by atoms with van der Waals surface area (Å²) in [6.45, 7) is -0.443. The molecule has 0 aliphatic rings. The summed E-state index contributed by atoms with van der Waals surface area (Å²) in [5, 5.41) is 8.86. The van der Waals surface area contributed by atoms with Crippen LogP contribution in [0.25, 0.3) is 0 Å². The molecule has 0 saturated carbocycles. The second-order valence-electron chi connectivity index (χ2n) is 2.26. The van der Waals surface area contributed by atoms with Crippen LogP contribution in [0.5, 0.6) is 0 Å². The van der Waals surface area contributed by atoms with Crippen molar-refractivity contribution < 1.29 is 13.9 Å². The van der Waals surface area contributed by atoms with Gasteiger partial charge >= 0.3 is 0 Å². The molecule has 0 unspecified atom stereocenters. The largest absolute Gasteiger partial charge is 0.392 e. The Morgan fingerprint density at radius 2 is 2.08 bits per heavy atom. The molecule has 0 bridgehead atoms. The van der Waals surface area contributed by atoms with E-state index in [1.807, 2.05) is 0 Å². The molecule has 13 heavy (non-hydrogen) atoms. The lowest BCUT2D eigenvalue weighted by Crippen LogP contribution is -1.98. The number of hydrogen-bond donors (Lipinski definition) is 1. The number of halogens is 4. The fourth-order valence-electron chi connectivity index (χ4n) is 0.861. The van der Waals surface area contributed by atoms with Crippen LogP contribution in [0.15, 0.2) is 15.3 Å². The van der Waals surface area contributed by atoms with Gasteiger partial charge in [0.05, 0.1) is 11.1 Å². The fraction of sp³-hybridized carbons (Fsp3) is 0.286. The molecule has 0 amide bonds. The van der Waals surface area contributed by atoms with Gasteiger partial charge < -0.3 is 5.11 Å². The first kappa shape index (κ1) is 11.0. The van der Waals surface area contributed by atoms with Gasteiger partial charge in [-0.05, 0) is 31.9 Å². The standard InChI is InChI=1S/C7H5Br2F2NO/c8-5-4(2-13)3(7(10)11)1-12-6(5)9/h1,7,13H,2H2. The number of alkyl halides is 2. The minimum Gasteiger partial charge on any atom is -0.392 e. The van der Waals surface area contributed by atoms with E-state index in [9.17, 15) is 8.78 Å². The zero-order valence-corrected chi connectivity index (χ0v) is 9.44. The van der Waals surface area contributed by atoms with E-state index >= 15 is 0 Å². The molecule has 0 radical (unpaired) electrons. The van der Waals surface area contributed by atoms with Crippen LogP contribution in [0.3, 0.4) is 0 Å². The van der Waals surface area contributed by atoms with Gasteiger partial charge in [0.1, 0.15) is 4.60 Å². The number of hydrogen-bond acceptors (Lipinski definition) is 2. The van der Waals surface area contributed by atoms with Gasteiger partial charge in [0.25, 0.3) is 6.43 Å². The van der Waals surface area contributed by atoms with Gasteiger partial charge in [-0.1, -0.05) is 0 Å². The van der Waals surface area contributed by atoms with Crippen molar-refractivity contribution in [2.75, 3.05) is 0 Å². The van der Waals surface area contributed by atoms with Crippen molar-refractivity contribution in [1.29, 1.82) is 0 Å². The van der Waals surface area contributed by atoms with Crippen molar-refractivity contribution >= 4 is 31.9 Å². The van der Waals surface area contributed by atoms with Crippen LogP contribution in [0.4, 0.5) is 8.78 Å². The van der Waals surface area contributed by atoms with E-state index in [0.717, 1.165) is 6.20 Å². The third-order valence-electron chi connectivity index (χ3n) is 1.50. The number of aromatic nitrogens is 1. The predicted octanol–water partition coefficient (Wildman–Crippen LogP) is 3.04. The van der Waals surface area contributed by atoms with E-state index in [1.54, 1.807) is 0 Å². The Morgan fingerprint density at radius 3 is 2.54 bits per heavy atom. The Bertz CT molecular complexity index is 320. The third kappa shape index (κ3) is 2.24. The minimum atomic E-state index is -2.63. The van der Waals surface area contributed by atoms with Gasteiger partial charge in [-0.15, -0.1) is 0 Å². The quantitative estimate of drug-likeness (QED) is 0.851. The van der Waals surface area contributed by atoms with E-state index in [-0.39, 0.29) is 11.1 Å². The van der Waals surface area contributed by atoms with Crippen LogP contribution in [0.2, 0.25) is 0 Å². The second-order valence-corrected chi connectivity index (χ2v) is 3.80. The first-order valence-corrected chi connectivity index (χ1v) is 4.88. The summed E-state index contributed by atoms with van der Waals surface area (Å²) in [7, 11) is 0. The summed E-state index contributed by atoms with van der Waals surface area (Å²) >= 11 is 6.11. The highest BCUT2D eigenvalue weighted by atomic mass is 79.9. The molecule has 1 heterocycles. The molecular formula is C7H5Br2F2NO. The molecule has 0 atom stereocenters. The number of rotatable bonds is 2. The topological polar surface area (TPSA) is 33.1 Å². The van der Waals surface area contributed by atoms with Crippen LogP contribution in [-0.2, 0) is 6.61 Å². The lowest BCUT2D eigenvalue weighted by molar-refractivity contribution is 0.146. The van der Waals surface area contributed by atoms with E-state index in [1.165, 1.54) is 0 Å². The molecule has 1 N–H and O–H groups in total. The number of pyridine rings is 1. The first-order valence-electron chi connectivity index (χ1n) is 3.29. The Morgan fingerprint density at radius 1 is 1.46 bits per heavy atom. The molecule has 2 nitrogen and oxygen atoms in total. The Kier molecular flexibility index (Phi) is 3.75. The van der Waals surface area contributed by atoms with E-state index < -0.39 is 13.0 Å². The molecule has 1 rings (SSSR count). The van der Waals surface area contributed by atoms with Gasteiger partial charge in [-0.25, -0.2) is 13.8 Å². The molecule has 1 aromatic rings. The summed E-state index contributed by atoms with van der Waals surface area (Å²) in [5.74, 6) is 0. The van der Waals surface area contributed by atoms with Crippen molar-refractivity contribution in [2.24, 2.45) is 0 Å². The molecule has 0 aromatic carbocycles. The third-order valence-corrected chi connectivity index (χ3v) is 3.49. The lowest BCUT2D eigenvalue weighted by Gasteiger charge is -2.08. The summed E-state index contributed by atoms with van der Waals surface area (Å²) in [6.07, 6.45) is -1.58. The van der Waals surface area contributed by atoms with Crippen molar-refractivity contribution in [3.8, 4) is 0 Å². The predicted molar refractivity (Wildman–Crippen MR) is 50.5 cm³/mol. The zero-order chi connectivity index (χ0) is 10.0. The van der Waals surface area contributed by atoms with Crippen LogP contribution in [0.1, 0.15) is 17.6 Å². The summed E-state index contributed by atoms with van der Waals surface area (Å²) in [4.78, 5) is 3.69. The maximum Gasteiger partial charge on any atom is 0.265 e. The SMILES string of the molecule is OCc1c(C(F)F)cnc(Br)c1Br. The van der Waals surface area contributed by atoms with Crippen LogP contribution < -0.4 is 0 Å². The molecule has 0 fully saturated rings. The summed E-state index contributed by atoms with van der Waals surface area (Å²) in [6, 6.07) is 0. The van der Waals surface area contributed by atoms with Crippen LogP contribution in [0, 0.1) is 0 Å². The first-order chi connectivity index (χ1) is 6.07. The van der Waals surface area contributed by atoms with Crippen molar-refractivity contribution in [1.82, 2.24) is 4.98 Å². The minimum absolute atomic E-state index is 0.164. The summed E-state index contributed by atoms with van der Waals surface area (Å²) in [5.41, 5.74) is -0.0885. The Labute approximate surface area is 90.2 Å². The molecule has 72 valence electrons. The number of aliphatic hydroxyl groups is 1. The molecule has 0 saturated heterocycles. The van der Waals surface area contributed by atoms with Gasteiger partial charge in [0.2, 0.25) is 0 Å². The number of nitrogens with zero attached hydrogens (tertiary/aromatic N) is 1. The highest BCUT2D eigenvalue weighted by Gasteiger charge is 2.17. The lowest BCUT2D eigenvalue weighted by atomic mass is 10.1. The average molecular weight is 317 g/mol. The fourth-order valence-corrected chi connectivity index (χ4v) is 1.66. The van der Waals surface area contributed by atoms with E-state index in [4.69, 9.17) is 5.11 Å². The smallest absolute Gasteiger partial charge is 0.265 e. The molecule has 6 heteroatoms. The highest BCUT2D eigenvalue weighted by molar-refractivity contribution is 9.13. The monoisotopic (exact) mass is 315 g/mol. The van der Waals surface area contributed by atoms with Crippen molar-refractivity contribution in [2.45, 2.75) is 13.0 Å². The summed E-state index contributed by atoms with van der Waals surface area (Å²) < 4.78 is 25.4. The number of aliphatic hydroxyl groups excluding tert-OH is 1. The normalized spacial score (nSPS) is 10.9. The molecule has 0 aliphatic carbocycles. The van der Waals surface area contributed by atoms with Gasteiger partial charge in [-0.2, -0.15) is 0 Å². The maximum absolute atomic E-state index is 12.3. The molecule has 0 aliphatic heterocycles. The van der Waals surface area contributed by atoms with Crippen LogP contribution >= 0.6 is 31.9 Å². The van der Waals surface area contributed by atoms with E-state index in [2.05, 4.69) is 36.8 Å². The van der Waals surface area contributed by atoms with Crippen molar-refractivity contribution in [3.63, 3.8) is 0 Å². The molecular weight excluding hydrogens is 312 g/mol. The van der Waals surface area contributed by atoms with Gasteiger partial charge in [0.15, 0.2) is 0 Å². The van der Waals surface area contributed by atoms with Gasteiger partial charge in [0, 0.05) is 17.3 Å². The molecule has 1 aromatic heterocycles. The maximum atomic E-state index is 12.3. The van der Waals surface area contributed by atoms with E-state index in [0.29, 0.717) is 9.08 Å².